The van der Waals surface area contributed by atoms with Gasteiger partial charge in [0.25, 0.3) is 5.56 Å². The van der Waals surface area contributed by atoms with E-state index in [-0.39, 0.29) is 43.2 Å². The number of nitrogens with one attached hydrogen (secondary N) is 1. The monoisotopic (exact) mass is 674 g/mol. The lowest BCUT2D eigenvalue weighted by atomic mass is 10.2. The highest BCUT2D eigenvalue weighted by molar-refractivity contribution is 8.39. The van der Waals surface area contributed by atoms with Crippen LogP contribution in [-0.2, 0) is 39.4 Å². The maximum Gasteiger partial charge on any atom is 0.582 e. The average molecular weight is 675 g/mol. The first-order valence-electron chi connectivity index (χ1n) is 12.7. The molecule has 0 saturated carbocycles. The van der Waals surface area contributed by atoms with Crippen LogP contribution in [0.25, 0.3) is 22.2 Å². The van der Waals surface area contributed by atoms with Gasteiger partial charge in [0, 0.05) is 36.3 Å². The van der Waals surface area contributed by atoms with E-state index in [1.807, 2.05) is 0 Å². The zero-order valence-corrected chi connectivity index (χ0v) is 25.4. The molecule has 0 spiro atoms. The Morgan fingerprint density at radius 1 is 1.26 bits per heavy atom. The molecule has 2 unspecified atom stereocenters. The molecular formula is C21H26N9O9P2S2+. The van der Waals surface area contributed by atoms with Gasteiger partial charge in [0.05, 0.1) is 19.3 Å². The van der Waals surface area contributed by atoms with Gasteiger partial charge in [0.1, 0.15) is 42.4 Å². The normalized spacial score (nSPS) is 27.7. The summed E-state index contributed by atoms with van der Waals surface area (Å²) in [6.07, 6.45) is -1.26. The second-order valence-electron chi connectivity index (χ2n) is 9.74. The number of aromatic nitrogens is 7. The fourth-order valence-electron chi connectivity index (χ4n) is 5.10. The summed E-state index contributed by atoms with van der Waals surface area (Å²) in [5, 5.41) is 18.2. The second-order valence-corrected chi connectivity index (χ2v) is 14.2. The SMILES string of the molecule is Nc1nc2c(nnn2[C@@H]2O[C@H](CO)C[C@H]2OP(O)(=S)OC[C@H]2O[C@@H](n3ccc4c(N)ccnc43)C[C@@H]2O[P+](=O)S)c(=O)[nH]1. The Morgan fingerprint density at radius 3 is 2.84 bits per heavy atom. The van der Waals surface area contributed by atoms with Gasteiger partial charge in [-0.2, -0.15) is 9.67 Å². The van der Waals surface area contributed by atoms with E-state index in [1.54, 1.807) is 29.1 Å². The van der Waals surface area contributed by atoms with Crippen molar-refractivity contribution in [1.82, 2.24) is 34.5 Å². The minimum atomic E-state index is -4.00. The topological polar surface area (TPSA) is 250 Å². The lowest BCUT2D eigenvalue weighted by Crippen LogP contribution is -2.28. The van der Waals surface area contributed by atoms with Crippen molar-refractivity contribution in [3.05, 3.63) is 34.9 Å². The first kappa shape index (κ1) is 30.4. The van der Waals surface area contributed by atoms with Crippen LogP contribution in [-0.4, -0.2) is 82.1 Å². The third kappa shape index (κ3) is 6.18. The molecule has 8 atom stereocenters. The van der Waals surface area contributed by atoms with Crippen LogP contribution in [0.4, 0.5) is 11.6 Å². The predicted octanol–water partition coefficient (Wildman–Crippen LogP) is 0.887. The summed E-state index contributed by atoms with van der Waals surface area (Å²) in [6, 6.07) is 3.49. The number of nitrogens with two attached hydrogens (primary N) is 2. The number of aromatic amines is 1. The maximum absolute atomic E-state index is 12.2. The average Bonchev–Trinajstić information content (AvgIpc) is 3.72. The highest BCUT2D eigenvalue weighted by atomic mass is 32.7. The number of aliphatic hydroxyl groups is 1. The van der Waals surface area contributed by atoms with Crippen molar-refractivity contribution >= 4 is 71.8 Å². The summed E-state index contributed by atoms with van der Waals surface area (Å²) in [7, 11) is -2.30. The lowest BCUT2D eigenvalue weighted by Gasteiger charge is -2.25. The Kier molecular flexibility index (Phi) is 8.53. The number of hydrogen-bond acceptors (Lipinski definition) is 15. The molecule has 0 radical (unpaired) electrons. The third-order valence-corrected chi connectivity index (χ3v) is 9.30. The van der Waals surface area contributed by atoms with Gasteiger partial charge in [-0.25, -0.2) is 4.98 Å². The van der Waals surface area contributed by atoms with E-state index in [0.29, 0.717) is 11.3 Å². The molecule has 43 heavy (non-hydrogen) atoms. The molecule has 0 aliphatic carbocycles. The highest BCUT2D eigenvalue weighted by Gasteiger charge is 2.45. The van der Waals surface area contributed by atoms with E-state index in [2.05, 4.69) is 37.5 Å². The maximum atomic E-state index is 12.2. The fourth-order valence-corrected chi connectivity index (χ4v) is 7.36. The molecule has 230 valence electrons. The summed E-state index contributed by atoms with van der Waals surface area (Å²) in [5.74, 6) is -0.174. The number of thiol groups is 1. The fraction of sp³-hybridized carbons (Fsp3) is 0.476. The zero-order chi connectivity index (χ0) is 30.5. The third-order valence-electron chi connectivity index (χ3n) is 6.98. The molecular weight excluding hydrogens is 648 g/mol. The first-order chi connectivity index (χ1) is 20.5. The van der Waals surface area contributed by atoms with Crippen molar-refractivity contribution in [2.45, 2.75) is 49.7 Å². The van der Waals surface area contributed by atoms with Gasteiger partial charge in [-0.3, -0.25) is 9.78 Å². The van der Waals surface area contributed by atoms with Crippen molar-refractivity contribution in [1.29, 1.82) is 0 Å². The van der Waals surface area contributed by atoms with E-state index in [1.165, 1.54) is 0 Å². The van der Waals surface area contributed by atoms with E-state index in [9.17, 15) is 19.4 Å². The van der Waals surface area contributed by atoms with Crippen LogP contribution in [0, 0.1) is 0 Å². The van der Waals surface area contributed by atoms with Gasteiger partial charge in [-0.1, -0.05) is 5.21 Å². The van der Waals surface area contributed by atoms with Crippen LogP contribution in [0.5, 0.6) is 0 Å². The van der Waals surface area contributed by atoms with Gasteiger partial charge in [0.15, 0.2) is 17.4 Å². The van der Waals surface area contributed by atoms with Crippen molar-refractivity contribution < 1.29 is 37.6 Å². The zero-order valence-electron chi connectivity index (χ0n) is 21.9. The Labute approximate surface area is 252 Å². The van der Waals surface area contributed by atoms with E-state index in [4.69, 9.17) is 46.3 Å². The molecule has 0 amide bonds. The Morgan fingerprint density at radius 2 is 2.07 bits per heavy atom. The van der Waals surface area contributed by atoms with Crippen LogP contribution in [0.15, 0.2) is 29.3 Å². The molecule has 4 aromatic heterocycles. The molecule has 0 bridgehead atoms. The Balaban J connectivity index is 1.18. The minimum Gasteiger partial charge on any atom is -0.398 e. The molecule has 0 aromatic carbocycles. The molecule has 2 saturated heterocycles. The summed E-state index contributed by atoms with van der Waals surface area (Å²) in [4.78, 5) is 34.0. The molecule has 2 aliphatic heterocycles. The molecule has 6 heterocycles. The van der Waals surface area contributed by atoms with Gasteiger partial charge in [-0.05, 0) is 28.5 Å². The Hall–Kier alpha value is -2.61. The number of rotatable bonds is 10. The molecule has 4 aromatic rings. The standard InChI is InChI=1S/C21H25N9O9P2S2/c22-11-1-3-24-17-10(11)2-4-29(17)15-6-12(38-40(33)42)14(37-15)8-35-41(34,43)39-13-5-9(7-31)36-20(13)30-18-16(27-28-30)19(32)26-21(23)25-18/h1-4,9,12-15,20,31H,5-8H2,(H6-,22,23,24,25,26,28,32,33,34,42,43)/p+1/t9-,12-,13+,14+,15+,20+,41?/m0/s1. The van der Waals surface area contributed by atoms with Crippen molar-refractivity contribution in [3.63, 3.8) is 0 Å². The van der Waals surface area contributed by atoms with E-state index in [0.717, 1.165) is 10.1 Å². The van der Waals surface area contributed by atoms with Crippen LogP contribution >= 0.6 is 26.2 Å². The molecule has 7 N–H and O–H groups in total. The van der Waals surface area contributed by atoms with Gasteiger partial charge in [-0.15, -0.1) is 9.62 Å². The van der Waals surface area contributed by atoms with Gasteiger partial charge >= 0.3 is 13.9 Å². The summed E-state index contributed by atoms with van der Waals surface area (Å²) >= 11 is 9.17. The molecule has 18 nitrogen and oxygen atoms in total. The quantitative estimate of drug-likeness (QED) is 0.101. The van der Waals surface area contributed by atoms with E-state index < -0.39 is 56.4 Å². The number of nitrogens with zero attached hydrogens (tertiary/aromatic N) is 6. The number of H-pyrrole nitrogens is 1. The minimum absolute atomic E-state index is 0.00522. The van der Waals surface area contributed by atoms with Crippen LogP contribution < -0.4 is 17.0 Å². The largest absolute Gasteiger partial charge is 0.582 e. The van der Waals surface area contributed by atoms with Crippen LogP contribution in [0.1, 0.15) is 25.3 Å². The van der Waals surface area contributed by atoms with Gasteiger partial charge < -0.3 is 44.6 Å². The number of hydrogen-bond donors (Lipinski definition) is 6. The van der Waals surface area contributed by atoms with Crippen molar-refractivity contribution in [2.24, 2.45) is 0 Å². The lowest BCUT2D eigenvalue weighted by molar-refractivity contribution is -0.0578. The van der Waals surface area contributed by atoms with Crippen molar-refractivity contribution in [3.8, 4) is 0 Å². The van der Waals surface area contributed by atoms with E-state index >= 15 is 0 Å². The molecule has 2 fully saturated rings. The molecule has 6 rings (SSSR count). The summed E-state index contributed by atoms with van der Waals surface area (Å²) in [5.41, 5.74) is 12.2. The molecule has 22 heteroatoms. The second kappa shape index (κ2) is 12.1. The summed E-state index contributed by atoms with van der Waals surface area (Å²) < 4.78 is 43.7. The summed E-state index contributed by atoms with van der Waals surface area (Å²) in [6.45, 7) is -4.67. The van der Waals surface area contributed by atoms with Crippen molar-refractivity contribution in [2.75, 3.05) is 24.7 Å². The van der Waals surface area contributed by atoms with Crippen LogP contribution in [0.3, 0.4) is 0 Å². The van der Waals surface area contributed by atoms with Gasteiger partial charge in [0.2, 0.25) is 5.95 Å². The number of pyridine rings is 1. The Bertz CT molecular complexity index is 1790. The predicted molar refractivity (Wildman–Crippen MR) is 157 cm³/mol. The first-order valence-corrected chi connectivity index (χ1v) is 17.7. The number of ether oxygens (including phenoxy) is 2. The number of nitrogen functional groups attached to an aromatic ring is 2. The number of fused-ring (bicyclic) bond motifs is 2. The molecule has 2 aliphatic rings. The smallest absolute Gasteiger partial charge is 0.398 e. The number of anilines is 2. The number of aliphatic hydroxyl groups excluding tert-OH is 1. The highest BCUT2D eigenvalue weighted by Crippen LogP contribution is 2.50. The van der Waals surface area contributed by atoms with Crippen LogP contribution in [0.2, 0.25) is 0 Å².